The Bertz CT molecular complexity index is 899. The van der Waals surface area contributed by atoms with E-state index in [2.05, 4.69) is 27.1 Å². The van der Waals surface area contributed by atoms with Gasteiger partial charge in [-0.05, 0) is 56.1 Å². The molecule has 0 aromatic carbocycles. The number of likely N-dealkylation sites (tertiary alicyclic amines) is 1. The molecule has 0 aliphatic carbocycles. The van der Waals surface area contributed by atoms with E-state index < -0.39 is 0 Å². The number of imidazole rings is 1. The third-order valence-electron chi connectivity index (χ3n) is 4.85. The number of hydrogen-bond donors (Lipinski definition) is 1. The summed E-state index contributed by atoms with van der Waals surface area (Å²) in [5.74, 6) is 0.00753. The van der Waals surface area contributed by atoms with E-state index in [-0.39, 0.29) is 11.9 Å². The van der Waals surface area contributed by atoms with Crippen LogP contribution in [0.5, 0.6) is 0 Å². The van der Waals surface area contributed by atoms with Crippen LogP contribution in [0.25, 0.3) is 5.65 Å². The van der Waals surface area contributed by atoms with Crippen molar-refractivity contribution in [1.82, 2.24) is 24.6 Å². The van der Waals surface area contributed by atoms with Crippen LogP contribution in [0.4, 0.5) is 0 Å². The number of carbonyl (C=O) groups excluding carboxylic acids is 1. The summed E-state index contributed by atoms with van der Waals surface area (Å²) in [4.78, 5) is 24.0. The smallest absolute Gasteiger partial charge is 0.242 e. The zero-order chi connectivity index (χ0) is 17.9. The Morgan fingerprint density at radius 3 is 2.85 bits per heavy atom. The number of aryl methyl sites for hydroxylation is 1. The predicted octanol–water partition coefficient (Wildman–Crippen LogP) is 2.49. The molecule has 1 atom stereocenters. The quantitative estimate of drug-likeness (QED) is 0.769. The third-order valence-corrected chi connectivity index (χ3v) is 4.85. The maximum absolute atomic E-state index is 13.0. The highest BCUT2D eigenvalue weighted by atomic mass is 16.2. The van der Waals surface area contributed by atoms with Gasteiger partial charge in [-0.2, -0.15) is 0 Å². The van der Waals surface area contributed by atoms with Crippen molar-refractivity contribution < 1.29 is 4.79 Å². The first-order chi connectivity index (χ1) is 12.7. The molecule has 4 heterocycles. The fourth-order valence-electron chi connectivity index (χ4n) is 3.58. The molecule has 6 nitrogen and oxygen atoms in total. The number of hydrogen-bond acceptors (Lipinski definition) is 4. The molecular weight excluding hydrogens is 326 g/mol. The summed E-state index contributed by atoms with van der Waals surface area (Å²) in [6, 6.07) is 7.60. The van der Waals surface area contributed by atoms with Crippen LogP contribution in [0.3, 0.4) is 0 Å². The molecule has 3 aromatic heterocycles. The lowest BCUT2D eigenvalue weighted by molar-refractivity contribution is -0.126. The summed E-state index contributed by atoms with van der Waals surface area (Å²) in [7, 11) is 0. The molecule has 0 bridgehead atoms. The van der Waals surface area contributed by atoms with E-state index in [1.807, 2.05) is 41.1 Å². The molecule has 1 amide bonds. The zero-order valence-corrected chi connectivity index (χ0v) is 14.9. The van der Waals surface area contributed by atoms with Gasteiger partial charge in [-0.3, -0.25) is 14.7 Å². The summed E-state index contributed by atoms with van der Waals surface area (Å²) in [6.45, 7) is 4.36. The second kappa shape index (κ2) is 7.25. The van der Waals surface area contributed by atoms with E-state index in [9.17, 15) is 4.79 Å². The SMILES string of the molecule is Cc1ccc2nc(CNC(=O)[C@@H](c3cccnc3)N3CCCC3)cn2c1. The monoisotopic (exact) mass is 349 g/mol. The Morgan fingerprint density at radius 2 is 2.08 bits per heavy atom. The number of amides is 1. The van der Waals surface area contributed by atoms with Crippen LogP contribution in [0.2, 0.25) is 0 Å². The van der Waals surface area contributed by atoms with Gasteiger partial charge in [0.05, 0.1) is 12.2 Å². The molecule has 1 aliphatic heterocycles. The minimum atomic E-state index is -0.287. The number of carbonyl (C=O) groups is 1. The van der Waals surface area contributed by atoms with Crippen LogP contribution in [0.15, 0.2) is 49.1 Å². The molecule has 134 valence electrons. The number of fused-ring (bicyclic) bond motifs is 1. The molecule has 4 rings (SSSR count). The lowest BCUT2D eigenvalue weighted by Gasteiger charge is -2.26. The summed E-state index contributed by atoms with van der Waals surface area (Å²) in [5, 5.41) is 3.07. The van der Waals surface area contributed by atoms with Gasteiger partial charge >= 0.3 is 0 Å². The van der Waals surface area contributed by atoms with E-state index in [1.165, 1.54) is 5.56 Å². The first-order valence-corrected chi connectivity index (χ1v) is 9.06. The Balaban J connectivity index is 1.50. The molecule has 1 saturated heterocycles. The first kappa shape index (κ1) is 16.7. The number of aromatic nitrogens is 3. The van der Waals surface area contributed by atoms with Crippen molar-refractivity contribution in [3.05, 3.63) is 65.9 Å². The molecule has 0 radical (unpaired) electrons. The average Bonchev–Trinajstić information content (AvgIpc) is 3.30. The molecule has 3 aromatic rings. The second-order valence-corrected chi connectivity index (χ2v) is 6.85. The maximum atomic E-state index is 13.0. The Morgan fingerprint density at radius 1 is 1.23 bits per heavy atom. The molecule has 6 heteroatoms. The molecule has 0 unspecified atom stereocenters. The topological polar surface area (TPSA) is 62.5 Å². The van der Waals surface area contributed by atoms with Gasteiger partial charge in [-0.15, -0.1) is 0 Å². The zero-order valence-electron chi connectivity index (χ0n) is 14.9. The lowest BCUT2D eigenvalue weighted by Crippen LogP contribution is -2.39. The highest BCUT2D eigenvalue weighted by Gasteiger charge is 2.29. The maximum Gasteiger partial charge on any atom is 0.242 e. The molecule has 26 heavy (non-hydrogen) atoms. The van der Waals surface area contributed by atoms with Crippen molar-refractivity contribution in [2.24, 2.45) is 0 Å². The Labute approximate surface area is 152 Å². The van der Waals surface area contributed by atoms with Gasteiger partial charge in [-0.25, -0.2) is 4.98 Å². The van der Waals surface area contributed by atoms with Crippen LogP contribution in [0, 0.1) is 6.92 Å². The Kier molecular flexibility index (Phi) is 4.67. The van der Waals surface area contributed by atoms with Crippen LogP contribution in [-0.2, 0) is 11.3 Å². The third kappa shape index (κ3) is 3.46. The van der Waals surface area contributed by atoms with E-state index in [4.69, 9.17) is 0 Å². The summed E-state index contributed by atoms with van der Waals surface area (Å²) in [5.41, 5.74) is 3.87. The molecule has 1 aliphatic rings. The van der Waals surface area contributed by atoms with Gasteiger partial charge in [-0.1, -0.05) is 12.1 Å². The highest BCUT2D eigenvalue weighted by molar-refractivity contribution is 5.83. The summed E-state index contributed by atoms with van der Waals surface area (Å²) in [6.07, 6.45) is 9.80. The molecule has 0 saturated carbocycles. The summed E-state index contributed by atoms with van der Waals surface area (Å²) >= 11 is 0. The normalized spacial score (nSPS) is 16.0. The second-order valence-electron chi connectivity index (χ2n) is 6.85. The minimum absolute atomic E-state index is 0.00753. The Hall–Kier alpha value is -2.73. The highest BCUT2D eigenvalue weighted by Crippen LogP contribution is 2.24. The first-order valence-electron chi connectivity index (χ1n) is 9.06. The number of nitrogens with one attached hydrogen (secondary N) is 1. The van der Waals surface area contributed by atoms with Gasteiger partial charge < -0.3 is 9.72 Å². The number of rotatable bonds is 5. The van der Waals surface area contributed by atoms with Crippen molar-refractivity contribution in [2.75, 3.05) is 13.1 Å². The van der Waals surface area contributed by atoms with Crippen molar-refractivity contribution >= 4 is 11.6 Å². The molecular formula is C20H23N5O. The van der Waals surface area contributed by atoms with E-state index in [0.717, 1.165) is 42.8 Å². The summed E-state index contributed by atoms with van der Waals surface area (Å²) < 4.78 is 2.00. The van der Waals surface area contributed by atoms with Gasteiger partial charge in [0, 0.05) is 24.8 Å². The van der Waals surface area contributed by atoms with Crippen molar-refractivity contribution in [1.29, 1.82) is 0 Å². The van der Waals surface area contributed by atoms with Gasteiger partial charge in [0.15, 0.2) is 0 Å². The van der Waals surface area contributed by atoms with E-state index in [1.54, 1.807) is 12.4 Å². The standard InChI is InChI=1S/C20H23N5O/c1-15-6-7-18-23-17(14-25(18)13-15)12-22-20(26)19(24-9-2-3-10-24)16-5-4-8-21-11-16/h4-8,11,13-14,19H,2-3,9-10,12H2,1H3,(H,22,26)/t19-/m1/s1. The van der Waals surface area contributed by atoms with Gasteiger partial charge in [0.1, 0.15) is 11.7 Å². The fourth-order valence-corrected chi connectivity index (χ4v) is 3.58. The lowest BCUT2D eigenvalue weighted by atomic mass is 10.1. The predicted molar refractivity (Wildman–Crippen MR) is 99.6 cm³/mol. The number of nitrogens with zero attached hydrogens (tertiary/aromatic N) is 4. The van der Waals surface area contributed by atoms with E-state index >= 15 is 0 Å². The fraction of sp³-hybridized carbons (Fsp3) is 0.350. The van der Waals surface area contributed by atoms with Crippen molar-refractivity contribution in [3.8, 4) is 0 Å². The molecule has 1 N–H and O–H groups in total. The largest absolute Gasteiger partial charge is 0.349 e. The van der Waals surface area contributed by atoms with Gasteiger partial charge in [0.2, 0.25) is 5.91 Å². The van der Waals surface area contributed by atoms with Crippen LogP contribution < -0.4 is 5.32 Å². The minimum Gasteiger partial charge on any atom is -0.349 e. The van der Waals surface area contributed by atoms with Gasteiger partial charge in [0.25, 0.3) is 0 Å². The van der Waals surface area contributed by atoms with Crippen LogP contribution in [0.1, 0.15) is 35.7 Å². The average molecular weight is 349 g/mol. The van der Waals surface area contributed by atoms with Crippen molar-refractivity contribution in [3.63, 3.8) is 0 Å². The number of pyridine rings is 2. The van der Waals surface area contributed by atoms with Crippen molar-refractivity contribution in [2.45, 2.75) is 32.4 Å². The molecule has 0 spiro atoms. The van der Waals surface area contributed by atoms with Crippen LogP contribution in [-0.4, -0.2) is 38.3 Å². The molecule has 1 fully saturated rings. The van der Waals surface area contributed by atoms with Crippen LogP contribution >= 0.6 is 0 Å². The van der Waals surface area contributed by atoms with E-state index in [0.29, 0.717) is 6.54 Å².